The van der Waals surface area contributed by atoms with Gasteiger partial charge >= 0.3 is 0 Å². The minimum Gasteiger partial charge on any atom is -0.280 e. The Bertz CT molecular complexity index is 46.8. The molecule has 1 nitrogen and oxygen atoms in total. The van der Waals surface area contributed by atoms with Crippen LogP contribution in [-0.2, 0) is 4.79 Å². The molecule has 0 aromatic rings. The first-order valence-electron chi connectivity index (χ1n) is 1.01. The summed E-state index contributed by atoms with van der Waals surface area (Å²) < 4.78 is 0. The van der Waals surface area contributed by atoms with Crippen LogP contribution in [0.2, 0.25) is 0 Å². The molecule has 38 valence electrons. The Morgan fingerprint density at radius 3 is 2.00 bits per heavy atom. The standard InChI is InChI=1S/C2H2BrClO.ClH/c3-1-2(4)5;/h1H2;1H. The van der Waals surface area contributed by atoms with Gasteiger partial charge in [0.15, 0.2) is 0 Å². The molecule has 0 aliphatic carbocycles. The van der Waals surface area contributed by atoms with E-state index in [-0.39, 0.29) is 23.0 Å². The lowest BCUT2D eigenvalue weighted by Crippen LogP contribution is -1.80. The minimum atomic E-state index is -0.356. The van der Waals surface area contributed by atoms with Gasteiger partial charge in [0.1, 0.15) is 0 Å². The third kappa shape index (κ3) is 8.83. The molecule has 0 aliphatic rings. The SMILES string of the molecule is Cl.O=C(Cl)CBr. The van der Waals surface area contributed by atoms with Crippen LogP contribution < -0.4 is 0 Å². The molecule has 0 heterocycles. The number of halogens is 3. The number of carbonyl (C=O) groups is 1. The van der Waals surface area contributed by atoms with Crippen LogP contribution in [0.5, 0.6) is 0 Å². The third-order valence-electron chi connectivity index (χ3n) is 0.105. The first-order valence-corrected chi connectivity index (χ1v) is 2.51. The summed E-state index contributed by atoms with van der Waals surface area (Å²) in [5, 5.41) is -0.112. The zero-order valence-electron chi connectivity index (χ0n) is 2.78. The Kier molecular flexibility index (Phi) is 9.43. The van der Waals surface area contributed by atoms with Crippen LogP contribution in [-0.4, -0.2) is 10.6 Å². The molecule has 0 unspecified atom stereocenters. The van der Waals surface area contributed by atoms with Crippen molar-refractivity contribution in [1.29, 1.82) is 0 Å². The molecular formula is C2H3BrCl2O. The topological polar surface area (TPSA) is 17.1 Å². The van der Waals surface area contributed by atoms with Gasteiger partial charge < -0.3 is 0 Å². The largest absolute Gasteiger partial charge is 0.280 e. The Morgan fingerprint density at radius 1 is 1.83 bits per heavy atom. The van der Waals surface area contributed by atoms with E-state index in [1.807, 2.05) is 0 Å². The van der Waals surface area contributed by atoms with Crippen molar-refractivity contribution >= 4 is 45.2 Å². The minimum absolute atomic E-state index is 0. The van der Waals surface area contributed by atoms with Gasteiger partial charge in [-0.1, -0.05) is 15.9 Å². The molecule has 0 rings (SSSR count). The third-order valence-corrected chi connectivity index (χ3v) is 1.07. The Hall–Kier alpha value is 0.730. The van der Waals surface area contributed by atoms with Gasteiger partial charge in [0, 0.05) is 0 Å². The summed E-state index contributed by atoms with van der Waals surface area (Å²) in [5.74, 6) is 0. The van der Waals surface area contributed by atoms with Crippen LogP contribution in [0.25, 0.3) is 0 Å². The molecule has 0 fully saturated rings. The lowest BCUT2D eigenvalue weighted by molar-refractivity contribution is -0.109. The fourth-order valence-electron chi connectivity index (χ4n) is 0. The maximum atomic E-state index is 9.53. The molecule has 0 bridgehead atoms. The second-order valence-electron chi connectivity index (χ2n) is 0.489. The average Bonchev–Trinajstić information content (AvgIpc) is 1.38. The number of alkyl halides is 1. The summed E-state index contributed by atoms with van der Waals surface area (Å²) in [6.45, 7) is 0. The molecule has 0 aliphatic heterocycles. The predicted octanol–water partition coefficient (Wildman–Crippen LogP) is 1.57. The van der Waals surface area contributed by atoms with Crippen LogP contribution in [0, 0.1) is 0 Å². The molecular weight excluding hydrogens is 191 g/mol. The number of hydrogen-bond acceptors (Lipinski definition) is 1. The van der Waals surface area contributed by atoms with E-state index in [0.717, 1.165) is 0 Å². The van der Waals surface area contributed by atoms with Crippen molar-refractivity contribution in [3.8, 4) is 0 Å². The van der Waals surface area contributed by atoms with Crippen molar-refractivity contribution in [2.45, 2.75) is 0 Å². The predicted molar refractivity (Wildman–Crippen MR) is 31.9 cm³/mol. The van der Waals surface area contributed by atoms with Gasteiger partial charge in [0.25, 0.3) is 0 Å². The quantitative estimate of drug-likeness (QED) is 0.457. The zero-order valence-corrected chi connectivity index (χ0v) is 5.94. The van der Waals surface area contributed by atoms with E-state index in [0.29, 0.717) is 0 Å². The summed E-state index contributed by atoms with van der Waals surface area (Å²) in [6.07, 6.45) is 0. The molecule has 0 atom stereocenters. The van der Waals surface area contributed by atoms with Crippen LogP contribution in [0.3, 0.4) is 0 Å². The molecule has 6 heavy (non-hydrogen) atoms. The Morgan fingerprint density at radius 2 is 2.00 bits per heavy atom. The first-order chi connectivity index (χ1) is 2.27. The monoisotopic (exact) mass is 192 g/mol. The van der Waals surface area contributed by atoms with E-state index in [4.69, 9.17) is 11.6 Å². The maximum Gasteiger partial charge on any atom is 0.232 e. The zero-order chi connectivity index (χ0) is 4.28. The van der Waals surface area contributed by atoms with Gasteiger partial charge in [-0.05, 0) is 11.6 Å². The van der Waals surface area contributed by atoms with E-state index >= 15 is 0 Å². The lowest BCUT2D eigenvalue weighted by atomic mass is 10.9. The fraction of sp³-hybridized carbons (Fsp3) is 0.500. The Balaban J connectivity index is 0. The van der Waals surface area contributed by atoms with E-state index in [9.17, 15) is 4.79 Å². The highest BCUT2D eigenvalue weighted by atomic mass is 79.9. The van der Waals surface area contributed by atoms with Crippen molar-refractivity contribution < 1.29 is 4.79 Å². The van der Waals surface area contributed by atoms with Crippen LogP contribution >= 0.6 is 39.9 Å². The lowest BCUT2D eigenvalue weighted by Gasteiger charge is -1.66. The van der Waals surface area contributed by atoms with Gasteiger partial charge in [-0.2, -0.15) is 0 Å². The van der Waals surface area contributed by atoms with Crippen molar-refractivity contribution in [1.82, 2.24) is 0 Å². The highest BCUT2D eigenvalue weighted by Crippen LogP contribution is 1.83. The normalized spacial score (nSPS) is 6.33. The molecule has 4 heteroatoms. The van der Waals surface area contributed by atoms with Crippen molar-refractivity contribution in [3.63, 3.8) is 0 Å². The summed E-state index contributed by atoms with van der Waals surface area (Å²) >= 11 is 7.61. The van der Waals surface area contributed by atoms with E-state index < -0.39 is 0 Å². The summed E-state index contributed by atoms with van der Waals surface area (Å²) in [5.41, 5.74) is 0. The second kappa shape index (κ2) is 5.73. The Labute approximate surface area is 55.6 Å². The van der Waals surface area contributed by atoms with Crippen LogP contribution in [0.15, 0.2) is 0 Å². The van der Waals surface area contributed by atoms with Crippen LogP contribution in [0.4, 0.5) is 0 Å². The number of carbonyl (C=O) groups excluding carboxylic acids is 1. The fourth-order valence-corrected chi connectivity index (χ4v) is 0. The summed E-state index contributed by atoms with van der Waals surface area (Å²) in [6, 6.07) is 0. The summed E-state index contributed by atoms with van der Waals surface area (Å²) in [4.78, 5) is 9.53. The average molecular weight is 194 g/mol. The second-order valence-corrected chi connectivity index (χ2v) is 1.47. The molecule has 0 aromatic heterocycles. The van der Waals surface area contributed by atoms with E-state index in [2.05, 4.69) is 15.9 Å². The first kappa shape index (κ1) is 9.88. The number of hydrogen-bond donors (Lipinski definition) is 0. The molecule has 0 saturated heterocycles. The molecule has 0 amide bonds. The van der Waals surface area contributed by atoms with Gasteiger partial charge in [-0.15, -0.1) is 12.4 Å². The molecule has 0 aromatic carbocycles. The number of rotatable bonds is 1. The van der Waals surface area contributed by atoms with E-state index in [1.54, 1.807) is 0 Å². The molecule has 0 radical (unpaired) electrons. The van der Waals surface area contributed by atoms with Gasteiger partial charge in [0.2, 0.25) is 5.24 Å². The van der Waals surface area contributed by atoms with Gasteiger partial charge in [-0.3, -0.25) is 4.79 Å². The van der Waals surface area contributed by atoms with Crippen molar-refractivity contribution in [2.24, 2.45) is 0 Å². The van der Waals surface area contributed by atoms with Crippen LogP contribution in [0.1, 0.15) is 0 Å². The van der Waals surface area contributed by atoms with Crippen molar-refractivity contribution in [2.75, 3.05) is 5.33 Å². The van der Waals surface area contributed by atoms with Gasteiger partial charge in [0.05, 0.1) is 5.33 Å². The summed E-state index contributed by atoms with van der Waals surface area (Å²) in [7, 11) is 0. The molecule has 0 N–H and O–H groups in total. The van der Waals surface area contributed by atoms with Crippen molar-refractivity contribution in [3.05, 3.63) is 0 Å². The van der Waals surface area contributed by atoms with E-state index in [1.165, 1.54) is 0 Å². The molecule has 0 spiro atoms. The smallest absolute Gasteiger partial charge is 0.232 e. The van der Waals surface area contributed by atoms with Gasteiger partial charge in [-0.25, -0.2) is 0 Å². The maximum absolute atomic E-state index is 9.53. The highest BCUT2D eigenvalue weighted by Gasteiger charge is 1.83. The molecule has 0 saturated carbocycles. The highest BCUT2D eigenvalue weighted by molar-refractivity contribution is 9.09.